The number of carbonyl (C=O) groups excluding carboxylic acids is 1. The fraction of sp³-hybridized carbons (Fsp3) is 0.667. The van der Waals surface area contributed by atoms with Gasteiger partial charge >= 0.3 is 0 Å². The molecule has 0 aromatic carbocycles. The van der Waals surface area contributed by atoms with Gasteiger partial charge in [0.15, 0.2) is 0 Å². The molecule has 16 heavy (non-hydrogen) atoms. The maximum Gasteiger partial charge on any atom is 0.132 e. The van der Waals surface area contributed by atoms with Crippen LogP contribution in [0.15, 0.2) is 24.3 Å². The van der Waals surface area contributed by atoms with Crippen LogP contribution >= 0.6 is 0 Å². The predicted molar refractivity (Wildman–Crippen MR) is 69.5 cm³/mol. The molecule has 1 heteroatoms. The summed E-state index contributed by atoms with van der Waals surface area (Å²) in [5, 5.41) is 0. The van der Waals surface area contributed by atoms with E-state index in [1.807, 2.05) is 0 Å². The van der Waals surface area contributed by atoms with Crippen molar-refractivity contribution in [3.05, 3.63) is 24.3 Å². The topological polar surface area (TPSA) is 17.1 Å². The van der Waals surface area contributed by atoms with E-state index in [0.29, 0.717) is 5.78 Å². The van der Waals surface area contributed by atoms with Crippen LogP contribution in [0.1, 0.15) is 64.2 Å². The molecule has 0 saturated heterocycles. The number of rotatable bonds is 0. The van der Waals surface area contributed by atoms with Crippen molar-refractivity contribution < 1.29 is 4.79 Å². The van der Waals surface area contributed by atoms with Crippen LogP contribution < -0.4 is 0 Å². The third-order valence-corrected chi connectivity index (χ3v) is 2.99. The Kier molecular flexibility index (Phi) is 7.75. The molecule has 0 atom stereocenters. The van der Waals surface area contributed by atoms with E-state index in [0.717, 1.165) is 64.2 Å². The predicted octanol–water partition coefficient (Wildman–Crippen LogP) is 4.58. The zero-order chi connectivity index (χ0) is 11.5. The lowest BCUT2D eigenvalue weighted by atomic mass is 10.1. The maximum absolute atomic E-state index is 11.5. The molecule has 0 radical (unpaired) electrons. The first kappa shape index (κ1) is 13.2. The molecule has 0 aliphatic heterocycles. The van der Waals surface area contributed by atoms with E-state index in [1.165, 1.54) is 0 Å². The highest BCUT2D eigenvalue weighted by atomic mass is 16.1. The summed E-state index contributed by atoms with van der Waals surface area (Å²) in [6.07, 6.45) is 19.7. The average Bonchev–Trinajstić information content (AvgIpc) is 2.29. The fourth-order valence-corrected chi connectivity index (χ4v) is 1.96. The lowest BCUT2D eigenvalue weighted by Gasteiger charge is -1.99. The van der Waals surface area contributed by atoms with Gasteiger partial charge in [0, 0.05) is 12.8 Å². The van der Waals surface area contributed by atoms with E-state index < -0.39 is 0 Å². The van der Waals surface area contributed by atoms with Crippen LogP contribution in [0.3, 0.4) is 0 Å². The summed E-state index contributed by atoms with van der Waals surface area (Å²) in [4.78, 5) is 11.5. The van der Waals surface area contributed by atoms with Crippen molar-refractivity contribution >= 4 is 5.78 Å². The van der Waals surface area contributed by atoms with E-state index in [9.17, 15) is 4.79 Å². The molecular formula is C15H24O. The molecule has 0 fully saturated rings. The maximum atomic E-state index is 11.5. The quantitative estimate of drug-likeness (QED) is 0.546. The van der Waals surface area contributed by atoms with E-state index >= 15 is 0 Å². The van der Waals surface area contributed by atoms with E-state index in [4.69, 9.17) is 0 Å². The van der Waals surface area contributed by atoms with Gasteiger partial charge in [0.2, 0.25) is 0 Å². The monoisotopic (exact) mass is 220 g/mol. The van der Waals surface area contributed by atoms with Crippen molar-refractivity contribution in [2.75, 3.05) is 0 Å². The second kappa shape index (κ2) is 9.38. The minimum absolute atomic E-state index is 0.461. The minimum Gasteiger partial charge on any atom is -0.300 e. The smallest absolute Gasteiger partial charge is 0.132 e. The van der Waals surface area contributed by atoms with Crippen LogP contribution in [0.2, 0.25) is 0 Å². The van der Waals surface area contributed by atoms with Crippen LogP contribution in [0.5, 0.6) is 0 Å². The van der Waals surface area contributed by atoms with Gasteiger partial charge in [-0.1, -0.05) is 24.3 Å². The molecular weight excluding hydrogens is 196 g/mol. The second-order valence-electron chi connectivity index (χ2n) is 4.55. The summed E-state index contributed by atoms with van der Waals surface area (Å²) >= 11 is 0. The molecule has 1 rings (SSSR count). The Hall–Kier alpha value is -0.850. The molecule has 1 nitrogen and oxygen atoms in total. The Morgan fingerprint density at radius 2 is 1.06 bits per heavy atom. The number of hydrogen-bond acceptors (Lipinski definition) is 1. The average molecular weight is 220 g/mol. The molecule has 0 spiro atoms. The van der Waals surface area contributed by atoms with E-state index in [2.05, 4.69) is 24.3 Å². The number of hydrogen-bond donors (Lipinski definition) is 0. The van der Waals surface area contributed by atoms with Crippen molar-refractivity contribution in [1.29, 1.82) is 0 Å². The molecule has 1 aliphatic rings. The Labute approximate surface area is 99.6 Å². The molecule has 0 heterocycles. The second-order valence-corrected chi connectivity index (χ2v) is 4.55. The fourth-order valence-electron chi connectivity index (χ4n) is 1.96. The molecule has 0 amide bonds. The van der Waals surface area contributed by atoms with Crippen LogP contribution in [-0.4, -0.2) is 5.78 Å². The van der Waals surface area contributed by atoms with Crippen molar-refractivity contribution in [3.63, 3.8) is 0 Å². The van der Waals surface area contributed by atoms with Crippen LogP contribution in [0.4, 0.5) is 0 Å². The summed E-state index contributed by atoms with van der Waals surface area (Å²) in [6.45, 7) is 0. The molecule has 0 aromatic heterocycles. The summed E-state index contributed by atoms with van der Waals surface area (Å²) in [5.74, 6) is 0.461. The standard InChI is InChI=1S/C15H24O/c16-15-13-11-9-7-5-3-1-2-4-6-8-10-12-14-15/h3-6H,1-2,7-14H2/b5-3-,6-4-. The van der Waals surface area contributed by atoms with Crippen molar-refractivity contribution in [3.8, 4) is 0 Å². The van der Waals surface area contributed by atoms with Crippen molar-refractivity contribution in [2.24, 2.45) is 0 Å². The third kappa shape index (κ3) is 7.44. The molecule has 0 aromatic rings. The first-order valence-corrected chi connectivity index (χ1v) is 6.71. The lowest BCUT2D eigenvalue weighted by molar-refractivity contribution is -0.119. The minimum atomic E-state index is 0.461. The molecule has 1 aliphatic carbocycles. The van der Waals surface area contributed by atoms with Gasteiger partial charge in [-0.05, 0) is 51.4 Å². The number of ketones is 1. The van der Waals surface area contributed by atoms with Crippen molar-refractivity contribution in [2.45, 2.75) is 64.2 Å². The van der Waals surface area contributed by atoms with Crippen LogP contribution in [-0.2, 0) is 4.79 Å². The third-order valence-electron chi connectivity index (χ3n) is 2.99. The summed E-state index contributed by atoms with van der Waals surface area (Å²) in [6, 6.07) is 0. The van der Waals surface area contributed by atoms with E-state index in [-0.39, 0.29) is 0 Å². The highest BCUT2D eigenvalue weighted by Gasteiger charge is 2.00. The van der Waals surface area contributed by atoms with Gasteiger partial charge in [0.25, 0.3) is 0 Å². The van der Waals surface area contributed by atoms with Gasteiger partial charge in [-0.2, -0.15) is 0 Å². The van der Waals surface area contributed by atoms with Gasteiger partial charge < -0.3 is 0 Å². The molecule has 0 unspecified atom stereocenters. The van der Waals surface area contributed by atoms with E-state index in [1.54, 1.807) is 0 Å². The highest BCUT2D eigenvalue weighted by molar-refractivity contribution is 5.78. The zero-order valence-electron chi connectivity index (χ0n) is 10.3. The molecule has 0 bridgehead atoms. The van der Waals surface area contributed by atoms with Crippen LogP contribution in [0.25, 0.3) is 0 Å². The van der Waals surface area contributed by atoms with Crippen LogP contribution in [0, 0.1) is 0 Å². The summed E-state index contributed by atoms with van der Waals surface area (Å²) in [5.41, 5.74) is 0. The number of carbonyl (C=O) groups is 1. The normalized spacial score (nSPS) is 25.4. The van der Waals surface area contributed by atoms with Gasteiger partial charge in [-0.3, -0.25) is 4.79 Å². The number of Topliss-reactive ketones (excluding diaryl/α,β-unsaturated/α-hetero) is 1. The Balaban J connectivity index is 2.27. The summed E-state index contributed by atoms with van der Waals surface area (Å²) < 4.78 is 0. The molecule has 0 N–H and O–H groups in total. The molecule has 90 valence electrons. The van der Waals surface area contributed by atoms with Gasteiger partial charge in [0.1, 0.15) is 5.78 Å². The first-order valence-electron chi connectivity index (χ1n) is 6.71. The number of allylic oxidation sites excluding steroid dienone is 4. The SMILES string of the molecule is O=C1CCCC/C=C\CC/C=C\CCCC1. The Bertz CT molecular complexity index is 214. The Morgan fingerprint density at radius 1 is 0.625 bits per heavy atom. The van der Waals surface area contributed by atoms with Gasteiger partial charge in [-0.25, -0.2) is 0 Å². The Morgan fingerprint density at radius 3 is 1.56 bits per heavy atom. The molecule has 0 saturated carbocycles. The summed E-state index contributed by atoms with van der Waals surface area (Å²) in [7, 11) is 0. The van der Waals surface area contributed by atoms with Gasteiger partial charge in [0.05, 0.1) is 0 Å². The lowest BCUT2D eigenvalue weighted by Crippen LogP contribution is -1.97. The first-order chi connectivity index (χ1) is 7.89. The zero-order valence-corrected chi connectivity index (χ0v) is 10.3. The largest absolute Gasteiger partial charge is 0.300 e. The van der Waals surface area contributed by atoms with Crippen molar-refractivity contribution in [1.82, 2.24) is 0 Å². The van der Waals surface area contributed by atoms with Gasteiger partial charge in [-0.15, -0.1) is 0 Å². The highest BCUT2D eigenvalue weighted by Crippen LogP contribution is 2.09.